The molecule has 112 valence electrons. The zero-order valence-corrected chi connectivity index (χ0v) is 12.3. The minimum atomic E-state index is -0.424. The summed E-state index contributed by atoms with van der Waals surface area (Å²) in [4.78, 5) is 11.5. The highest BCUT2D eigenvalue weighted by Gasteiger charge is 2.12. The van der Waals surface area contributed by atoms with Crippen LogP contribution >= 0.6 is 0 Å². The Labute approximate surface area is 119 Å². The summed E-state index contributed by atoms with van der Waals surface area (Å²) in [5.74, 6) is -0.334. The average molecular weight is 282 g/mol. The number of para-hydroxylation sites is 1. The monoisotopic (exact) mass is 282 g/mol. The zero-order valence-electron chi connectivity index (χ0n) is 12.3. The molecule has 20 heavy (non-hydrogen) atoms. The van der Waals surface area contributed by atoms with Gasteiger partial charge in [0.2, 0.25) is 5.91 Å². The SMILES string of the molecule is CC(N)Cc1cccc(F)c1OCCC(=O)NC(C)C. The van der Waals surface area contributed by atoms with Gasteiger partial charge in [-0.25, -0.2) is 4.39 Å². The average Bonchev–Trinajstić information content (AvgIpc) is 2.31. The summed E-state index contributed by atoms with van der Waals surface area (Å²) < 4.78 is 19.2. The minimum Gasteiger partial charge on any atom is -0.490 e. The van der Waals surface area contributed by atoms with Crippen LogP contribution in [0.5, 0.6) is 5.75 Å². The van der Waals surface area contributed by atoms with Gasteiger partial charge in [0.1, 0.15) is 0 Å². The molecule has 1 aromatic carbocycles. The van der Waals surface area contributed by atoms with Gasteiger partial charge in [-0.15, -0.1) is 0 Å². The van der Waals surface area contributed by atoms with Gasteiger partial charge in [-0.2, -0.15) is 0 Å². The van der Waals surface area contributed by atoms with Crippen LogP contribution in [-0.2, 0) is 11.2 Å². The molecular weight excluding hydrogens is 259 g/mol. The number of nitrogens with two attached hydrogens (primary N) is 1. The van der Waals surface area contributed by atoms with Crippen molar-refractivity contribution >= 4 is 5.91 Å². The molecule has 1 atom stereocenters. The van der Waals surface area contributed by atoms with Gasteiger partial charge >= 0.3 is 0 Å². The van der Waals surface area contributed by atoms with Gasteiger partial charge in [-0.05, 0) is 38.8 Å². The molecule has 0 heterocycles. The van der Waals surface area contributed by atoms with E-state index < -0.39 is 5.82 Å². The Morgan fingerprint density at radius 1 is 1.40 bits per heavy atom. The second-order valence-corrected chi connectivity index (χ2v) is 5.23. The molecule has 0 bridgehead atoms. The summed E-state index contributed by atoms with van der Waals surface area (Å²) in [6.45, 7) is 5.77. The summed E-state index contributed by atoms with van der Waals surface area (Å²) in [6, 6.07) is 4.77. The number of halogens is 1. The van der Waals surface area contributed by atoms with E-state index in [0.29, 0.717) is 6.42 Å². The molecule has 1 aromatic rings. The smallest absolute Gasteiger partial charge is 0.223 e. The van der Waals surface area contributed by atoms with Crippen LogP contribution in [0, 0.1) is 5.82 Å². The molecule has 1 rings (SSSR count). The van der Waals surface area contributed by atoms with Gasteiger partial charge in [-0.1, -0.05) is 12.1 Å². The molecule has 0 saturated carbocycles. The molecule has 0 aliphatic carbocycles. The molecule has 0 fully saturated rings. The third kappa shape index (κ3) is 5.57. The van der Waals surface area contributed by atoms with Crippen molar-refractivity contribution in [3.8, 4) is 5.75 Å². The fourth-order valence-electron chi connectivity index (χ4n) is 1.86. The Bertz CT molecular complexity index is 447. The van der Waals surface area contributed by atoms with Crippen LogP contribution in [0.15, 0.2) is 18.2 Å². The molecule has 0 radical (unpaired) electrons. The standard InChI is InChI=1S/C15H23FN2O2/c1-10(2)18-14(19)7-8-20-15-12(9-11(3)17)5-4-6-13(15)16/h4-6,10-11H,7-9,17H2,1-3H3,(H,18,19). The maximum atomic E-state index is 13.8. The molecule has 1 unspecified atom stereocenters. The first-order valence-corrected chi connectivity index (χ1v) is 6.85. The first-order chi connectivity index (χ1) is 9.40. The predicted octanol–water partition coefficient (Wildman–Crippen LogP) is 2.01. The summed E-state index contributed by atoms with van der Waals surface area (Å²) in [5, 5.41) is 2.76. The van der Waals surface area contributed by atoms with Crippen molar-refractivity contribution < 1.29 is 13.9 Å². The molecule has 0 saturated heterocycles. The Balaban J connectivity index is 2.60. The molecule has 1 amide bonds. The van der Waals surface area contributed by atoms with E-state index in [-0.39, 0.29) is 36.8 Å². The van der Waals surface area contributed by atoms with Crippen LogP contribution < -0.4 is 15.8 Å². The van der Waals surface area contributed by atoms with Crippen molar-refractivity contribution in [3.63, 3.8) is 0 Å². The topological polar surface area (TPSA) is 64.3 Å². The first kappa shape index (κ1) is 16.4. The Kier molecular flexibility index (Phi) is 6.45. The summed E-state index contributed by atoms with van der Waals surface area (Å²) in [6.07, 6.45) is 0.732. The number of hydrogen-bond acceptors (Lipinski definition) is 3. The summed E-state index contributed by atoms with van der Waals surface area (Å²) >= 11 is 0. The van der Waals surface area contributed by atoms with Crippen molar-refractivity contribution in [3.05, 3.63) is 29.6 Å². The van der Waals surface area contributed by atoms with Crippen molar-refractivity contribution in [2.45, 2.75) is 45.7 Å². The lowest BCUT2D eigenvalue weighted by atomic mass is 10.1. The second kappa shape index (κ2) is 7.85. The molecule has 0 spiro atoms. The molecule has 5 heteroatoms. The van der Waals surface area contributed by atoms with Crippen LogP contribution in [-0.4, -0.2) is 24.6 Å². The Morgan fingerprint density at radius 3 is 2.70 bits per heavy atom. The van der Waals surface area contributed by atoms with Gasteiger partial charge in [-0.3, -0.25) is 4.79 Å². The molecule has 0 aliphatic heterocycles. The normalized spacial score (nSPS) is 12.3. The van der Waals surface area contributed by atoms with E-state index in [1.54, 1.807) is 12.1 Å². The van der Waals surface area contributed by atoms with E-state index >= 15 is 0 Å². The Morgan fingerprint density at radius 2 is 2.10 bits per heavy atom. The highest BCUT2D eigenvalue weighted by molar-refractivity contribution is 5.76. The number of rotatable bonds is 7. The number of hydrogen-bond donors (Lipinski definition) is 2. The molecule has 0 aliphatic rings. The summed E-state index contributed by atoms with van der Waals surface area (Å²) in [7, 11) is 0. The van der Waals surface area contributed by atoms with Crippen molar-refractivity contribution in [2.24, 2.45) is 5.73 Å². The number of nitrogens with one attached hydrogen (secondary N) is 1. The first-order valence-electron chi connectivity index (χ1n) is 6.85. The lowest BCUT2D eigenvalue weighted by molar-refractivity contribution is -0.122. The lowest BCUT2D eigenvalue weighted by Crippen LogP contribution is -2.31. The van der Waals surface area contributed by atoms with Gasteiger partial charge in [0, 0.05) is 12.1 Å². The number of ether oxygens (including phenoxy) is 1. The van der Waals surface area contributed by atoms with E-state index in [0.717, 1.165) is 5.56 Å². The maximum Gasteiger partial charge on any atom is 0.223 e. The highest BCUT2D eigenvalue weighted by atomic mass is 19.1. The maximum absolute atomic E-state index is 13.8. The number of carbonyl (C=O) groups excluding carboxylic acids is 1. The van der Waals surface area contributed by atoms with Crippen LogP contribution in [0.25, 0.3) is 0 Å². The molecule has 3 N–H and O–H groups in total. The van der Waals surface area contributed by atoms with Gasteiger partial charge in [0.25, 0.3) is 0 Å². The van der Waals surface area contributed by atoms with Gasteiger partial charge in [0.15, 0.2) is 11.6 Å². The zero-order chi connectivity index (χ0) is 15.1. The Hall–Kier alpha value is -1.62. The van der Waals surface area contributed by atoms with E-state index in [9.17, 15) is 9.18 Å². The predicted molar refractivity (Wildman–Crippen MR) is 77.1 cm³/mol. The van der Waals surface area contributed by atoms with Crippen LogP contribution in [0.3, 0.4) is 0 Å². The summed E-state index contributed by atoms with van der Waals surface area (Å²) in [5.41, 5.74) is 6.46. The largest absolute Gasteiger partial charge is 0.490 e. The third-order valence-corrected chi connectivity index (χ3v) is 2.62. The van der Waals surface area contributed by atoms with E-state index in [2.05, 4.69) is 5.32 Å². The molecule has 4 nitrogen and oxygen atoms in total. The van der Waals surface area contributed by atoms with Gasteiger partial charge in [0.05, 0.1) is 13.0 Å². The highest BCUT2D eigenvalue weighted by Crippen LogP contribution is 2.23. The quantitative estimate of drug-likeness (QED) is 0.804. The minimum absolute atomic E-state index is 0.0802. The van der Waals surface area contributed by atoms with E-state index in [1.807, 2.05) is 20.8 Å². The molecule has 0 aromatic heterocycles. The third-order valence-electron chi connectivity index (χ3n) is 2.62. The van der Waals surface area contributed by atoms with Crippen molar-refractivity contribution in [1.29, 1.82) is 0 Å². The number of benzene rings is 1. The lowest BCUT2D eigenvalue weighted by Gasteiger charge is -2.14. The van der Waals surface area contributed by atoms with E-state index in [4.69, 9.17) is 10.5 Å². The fourth-order valence-corrected chi connectivity index (χ4v) is 1.86. The van der Waals surface area contributed by atoms with Crippen LogP contribution in [0.1, 0.15) is 32.8 Å². The number of carbonyl (C=O) groups is 1. The van der Waals surface area contributed by atoms with E-state index in [1.165, 1.54) is 6.07 Å². The van der Waals surface area contributed by atoms with Crippen molar-refractivity contribution in [1.82, 2.24) is 5.32 Å². The fraction of sp³-hybridized carbons (Fsp3) is 0.533. The van der Waals surface area contributed by atoms with Crippen LogP contribution in [0.2, 0.25) is 0 Å². The van der Waals surface area contributed by atoms with Crippen LogP contribution in [0.4, 0.5) is 4.39 Å². The van der Waals surface area contributed by atoms with Gasteiger partial charge < -0.3 is 15.8 Å². The molecular formula is C15H23FN2O2. The second-order valence-electron chi connectivity index (χ2n) is 5.23. The van der Waals surface area contributed by atoms with Crippen molar-refractivity contribution in [2.75, 3.05) is 6.61 Å². The number of amides is 1.